The fourth-order valence-electron chi connectivity index (χ4n) is 4.59. The lowest BCUT2D eigenvalue weighted by molar-refractivity contribution is -0.142. The maximum atomic E-state index is 12.6. The fourth-order valence-corrected chi connectivity index (χ4v) is 4.72. The molecule has 0 saturated carbocycles. The van der Waals surface area contributed by atoms with Gasteiger partial charge in [-0.05, 0) is 24.6 Å². The van der Waals surface area contributed by atoms with E-state index in [0.717, 1.165) is 11.3 Å². The van der Waals surface area contributed by atoms with Crippen LogP contribution in [0.3, 0.4) is 0 Å². The number of carbonyl (C=O) groups is 2. The highest BCUT2D eigenvalue weighted by atomic mass is 35.5. The molecule has 1 aromatic rings. The number of fused-ring (bicyclic) bond motifs is 8. The summed E-state index contributed by atoms with van der Waals surface area (Å²) in [4.78, 5) is 32.1. The zero-order chi connectivity index (χ0) is 16.6. The van der Waals surface area contributed by atoms with Gasteiger partial charge >= 0.3 is 0 Å². The Balaban J connectivity index is 1.51. The van der Waals surface area contributed by atoms with Gasteiger partial charge in [0.05, 0.1) is 29.6 Å². The number of benzene rings is 1. The number of oxime groups is 1. The number of halogens is 1. The molecule has 0 radical (unpaired) electrons. The van der Waals surface area contributed by atoms with Gasteiger partial charge in [-0.15, -0.1) is 0 Å². The van der Waals surface area contributed by atoms with Gasteiger partial charge in [0, 0.05) is 11.6 Å². The molecule has 0 N–H and O–H groups in total. The molecule has 2 bridgehead atoms. The number of ether oxygens (including phenoxy) is 1. The molecule has 0 aromatic heterocycles. The van der Waals surface area contributed by atoms with E-state index in [9.17, 15) is 9.59 Å². The van der Waals surface area contributed by atoms with Crippen molar-refractivity contribution in [1.82, 2.24) is 4.90 Å². The largest absolute Gasteiger partial charge is 0.389 e. The standard InChI is InChI=1S/C17H15ClN2O4/c1-2-20-16(21)9-10(17(20)22)14-15-11(13(9)23-14)12(19-24-15)7-3-5-8(18)6-4-7/h3-6,9-11,13-15H,2H2,1H3/t9-,10+,11+,13-,14-,15+/m1/s1. The highest BCUT2D eigenvalue weighted by Gasteiger charge is 2.71. The van der Waals surface area contributed by atoms with Crippen LogP contribution >= 0.6 is 11.6 Å². The number of hydrogen-bond donors (Lipinski definition) is 0. The fraction of sp³-hybridized carbons (Fsp3) is 0.471. The average Bonchev–Trinajstić information content (AvgIpc) is 3.29. The van der Waals surface area contributed by atoms with Gasteiger partial charge in [-0.1, -0.05) is 28.9 Å². The number of likely N-dealkylation sites (tertiary alicyclic amines) is 1. The van der Waals surface area contributed by atoms with Gasteiger partial charge in [-0.25, -0.2) is 0 Å². The van der Waals surface area contributed by atoms with Crippen molar-refractivity contribution in [2.45, 2.75) is 25.2 Å². The minimum absolute atomic E-state index is 0.119. The summed E-state index contributed by atoms with van der Waals surface area (Å²) >= 11 is 5.95. The molecule has 24 heavy (non-hydrogen) atoms. The van der Waals surface area contributed by atoms with Crippen molar-refractivity contribution in [3.8, 4) is 0 Å². The molecule has 124 valence electrons. The number of nitrogens with zero attached hydrogens (tertiary/aromatic N) is 2. The van der Waals surface area contributed by atoms with Crippen LogP contribution in [0.15, 0.2) is 29.4 Å². The first-order valence-electron chi connectivity index (χ1n) is 8.12. The number of imide groups is 1. The van der Waals surface area contributed by atoms with Crippen molar-refractivity contribution in [2.24, 2.45) is 22.9 Å². The van der Waals surface area contributed by atoms with Crippen LogP contribution in [-0.2, 0) is 19.2 Å². The first kappa shape index (κ1) is 14.4. The second kappa shape index (κ2) is 4.80. The van der Waals surface area contributed by atoms with Gasteiger partial charge in [-0.3, -0.25) is 14.5 Å². The number of rotatable bonds is 2. The Kier molecular flexibility index (Phi) is 2.89. The lowest BCUT2D eigenvalue weighted by Gasteiger charge is -2.26. The van der Waals surface area contributed by atoms with Crippen molar-refractivity contribution in [2.75, 3.05) is 6.54 Å². The van der Waals surface area contributed by atoms with Gasteiger partial charge < -0.3 is 9.57 Å². The van der Waals surface area contributed by atoms with E-state index in [0.29, 0.717) is 11.6 Å². The Morgan fingerprint density at radius 1 is 1.04 bits per heavy atom. The number of hydrogen-bond acceptors (Lipinski definition) is 5. The summed E-state index contributed by atoms with van der Waals surface area (Å²) in [6.45, 7) is 2.22. The van der Waals surface area contributed by atoms with E-state index in [1.807, 2.05) is 19.1 Å². The smallest absolute Gasteiger partial charge is 0.235 e. The van der Waals surface area contributed by atoms with Crippen molar-refractivity contribution in [1.29, 1.82) is 0 Å². The third-order valence-corrected chi connectivity index (χ3v) is 5.84. The number of carbonyl (C=O) groups excluding carboxylic acids is 2. The van der Waals surface area contributed by atoms with Crippen LogP contribution in [0.25, 0.3) is 0 Å². The predicted octanol–water partition coefficient (Wildman–Crippen LogP) is 1.46. The molecule has 1 aromatic carbocycles. The van der Waals surface area contributed by atoms with Crippen LogP contribution in [0.1, 0.15) is 12.5 Å². The summed E-state index contributed by atoms with van der Waals surface area (Å²) in [5, 5.41) is 4.88. The van der Waals surface area contributed by atoms with E-state index in [-0.39, 0.29) is 29.9 Å². The lowest BCUT2D eigenvalue weighted by Crippen LogP contribution is -2.45. The molecule has 4 aliphatic rings. The molecular formula is C17H15ClN2O4. The van der Waals surface area contributed by atoms with Crippen molar-refractivity contribution in [3.05, 3.63) is 34.9 Å². The predicted molar refractivity (Wildman–Crippen MR) is 84.4 cm³/mol. The van der Waals surface area contributed by atoms with Crippen LogP contribution in [0.5, 0.6) is 0 Å². The molecule has 5 rings (SSSR count). The molecule has 2 amide bonds. The maximum absolute atomic E-state index is 12.6. The summed E-state index contributed by atoms with van der Waals surface area (Å²) < 4.78 is 6.02. The molecule has 4 aliphatic heterocycles. The van der Waals surface area contributed by atoms with E-state index < -0.39 is 17.9 Å². The molecule has 0 aliphatic carbocycles. The summed E-state index contributed by atoms with van der Waals surface area (Å²) in [6, 6.07) is 7.37. The second-order valence-electron chi connectivity index (χ2n) is 6.62. The van der Waals surface area contributed by atoms with Crippen LogP contribution in [-0.4, -0.2) is 47.3 Å². The monoisotopic (exact) mass is 346 g/mol. The normalized spacial score (nSPS) is 39.1. The topological polar surface area (TPSA) is 68.2 Å². The first-order valence-corrected chi connectivity index (χ1v) is 8.50. The average molecular weight is 347 g/mol. The highest BCUT2D eigenvalue weighted by molar-refractivity contribution is 6.30. The van der Waals surface area contributed by atoms with Gasteiger partial charge in [0.1, 0.15) is 6.10 Å². The summed E-state index contributed by atoms with van der Waals surface area (Å²) in [5.74, 6) is -1.22. The summed E-state index contributed by atoms with van der Waals surface area (Å²) in [6.07, 6.45) is -1.04. The number of amides is 2. The molecule has 3 fully saturated rings. The zero-order valence-corrected chi connectivity index (χ0v) is 13.6. The van der Waals surface area contributed by atoms with Crippen LogP contribution in [0.4, 0.5) is 0 Å². The molecule has 4 heterocycles. The van der Waals surface area contributed by atoms with E-state index in [1.54, 1.807) is 12.1 Å². The van der Waals surface area contributed by atoms with E-state index in [1.165, 1.54) is 4.90 Å². The van der Waals surface area contributed by atoms with Crippen LogP contribution in [0, 0.1) is 17.8 Å². The molecule has 0 unspecified atom stereocenters. The van der Waals surface area contributed by atoms with Crippen molar-refractivity contribution in [3.63, 3.8) is 0 Å². The highest BCUT2D eigenvalue weighted by Crippen LogP contribution is 2.54. The molecule has 7 heteroatoms. The Hall–Kier alpha value is -1.92. The molecule has 0 spiro atoms. The van der Waals surface area contributed by atoms with Crippen molar-refractivity contribution >= 4 is 29.1 Å². The maximum Gasteiger partial charge on any atom is 0.235 e. The zero-order valence-electron chi connectivity index (χ0n) is 12.9. The molecular weight excluding hydrogens is 332 g/mol. The van der Waals surface area contributed by atoms with Crippen LogP contribution < -0.4 is 0 Å². The Labute approximate surface area is 143 Å². The van der Waals surface area contributed by atoms with E-state index in [2.05, 4.69) is 5.16 Å². The Morgan fingerprint density at radius 3 is 2.38 bits per heavy atom. The second-order valence-corrected chi connectivity index (χ2v) is 7.05. The molecule has 6 atom stereocenters. The van der Waals surface area contributed by atoms with Gasteiger partial charge in [0.25, 0.3) is 0 Å². The lowest BCUT2D eigenvalue weighted by atomic mass is 9.71. The van der Waals surface area contributed by atoms with Gasteiger partial charge in [0.2, 0.25) is 11.8 Å². The van der Waals surface area contributed by atoms with E-state index in [4.69, 9.17) is 21.2 Å². The molecule has 3 saturated heterocycles. The van der Waals surface area contributed by atoms with Crippen LogP contribution in [0.2, 0.25) is 5.02 Å². The minimum atomic E-state index is -0.427. The Morgan fingerprint density at radius 2 is 1.71 bits per heavy atom. The Bertz CT molecular complexity index is 777. The van der Waals surface area contributed by atoms with E-state index >= 15 is 0 Å². The van der Waals surface area contributed by atoms with Gasteiger partial charge in [-0.2, -0.15) is 0 Å². The third-order valence-electron chi connectivity index (χ3n) is 5.59. The minimum Gasteiger partial charge on any atom is -0.389 e. The first-order chi connectivity index (χ1) is 11.6. The van der Waals surface area contributed by atoms with Gasteiger partial charge in [0.15, 0.2) is 6.10 Å². The van der Waals surface area contributed by atoms with Crippen molar-refractivity contribution < 1.29 is 19.2 Å². The third kappa shape index (κ3) is 1.62. The SMILES string of the molecule is CCN1C(=O)[C@@H]2[C@H]3O[C@@H]([C@@H]4C(c5ccc(Cl)cc5)=NO[C@H]34)[C@@H]2C1=O. The summed E-state index contributed by atoms with van der Waals surface area (Å²) in [5.41, 5.74) is 1.68. The quantitative estimate of drug-likeness (QED) is 0.760. The molecule has 6 nitrogen and oxygen atoms in total. The summed E-state index contributed by atoms with van der Waals surface area (Å²) in [7, 11) is 0.